The molecule has 1 aliphatic carbocycles. The van der Waals surface area contributed by atoms with Gasteiger partial charge in [-0.1, -0.05) is 0 Å². The Bertz CT molecular complexity index is 215. The third-order valence-corrected chi connectivity index (χ3v) is 1.92. The predicted octanol–water partition coefficient (Wildman–Crippen LogP) is -0.462. The predicted molar refractivity (Wildman–Crippen MR) is 42.3 cm³/mol. The first-order valence-electron chi connectivity index (χ1n) is 3.94. The smallest absolute Gasteiger partial charge is 0.407 e. The second kappa shape index (κ2) is 4.08. The zero-order valence-electron chi connectivity index (χ0n) is 7.28. The number of carbonyl (C=O) groups is 2. The lowest BCUT2D eigenvalue weighted by atomic mass is 10.2. The lowest BCUT2D eigenvalue weighted by molar-refractivity contribution is -0.147. The van der Waals surface area contributed by atoms with E-state index in [-0.39, 0.29) is 5.92 Å². The molecule has 1 atom stereocenters. The molecule has 0 saturated heterocycles. The van der Waals surface area contributed by atoms with E-state index in [4.69, 9.17) is 5.90 Å². The van der Waals surface area contributed by atoms with Gasteiger partial charge in [-0.3, -0.25) is 0 Å². The fourth-order valence-electron chi connectivity index (χ4n) is 1.06. The number of hydrogen-bond donors (Lipinski definition) is 2. The number of nitrogens with two attached hydrogens (primary N) is 1. The van der Waals surface area contributed by atoms with E-state index >= 15 is 0 Å². The quantitative estimate of drug-likeness (QED) is 0.585. The molecule has 0 bridgehead atoms. The highest BCUT2D eigenvalue weighted by atomic mass is 16.7. The molecular formula is C7H12N2O4. The summed E-state index contributed by atoms with van der Waals surface area (Å²) in [7, 11) is 1.23. The molecule has 74 valence electrons. The molecule has 1 amide bonds. The van der Waals surface area contributed by atoms with Gasteiger partial charge in [0, 0.05) is 0 Å². The molecule has 13 heavy (non-hydrogen) atoms. The fourth-order valence-corrected chi connectivity index (χ4v) is 1.06. The molecule has 0 heterocycles. The molecule has 1 unspecified atom stereocenters. The fraction of sp³-hybridized carbons (Fsp3) is 0.714. The number of carbonyl (C=O) groups excluding carboxylic acids is 2. The Morgan fingerprint density at radius 3 is 2.54 bits per heavy atom. The topological polar surface area (TPSA) is 90.6 Å². The highest BCUT2D eigenvalue weighted by Gasteiger charge is 2.38. The second-order valence-corrected chi connectivity index (χ2v) is 2.89. The molecule has 1 fully saturated rings. The van der Waals surface area contributed by atoms with Crippen LogP contribution in [-0.2, 0) is 14.4 Å². The summed E-state index contributed by atoms with van der Waals surface area (Å²) in [5.74, 6) is 4.22. The van der Waals surface area contributed by atoms with Crippen LogP contribution in [0.15, 0.2) is 0 Å². The summed E-state index contributed by atoms with van der Waals surface area (Å²) in [5, 5.41) is 2.36. The van der Waals surface area contributed by atoms with Gasteiger partial charge in [0.05, 0.1) is 7.11 Å². The minimum absolute atomic E-state index is 0.134. The highest BCUT2D eigenvalue weighted by molar-refractivity contribution is 5.81. The van der Waals surface area contributed by atoms with Gasteiger partial charge in [-0.15, -0.1) is 0 Å². The Hall–Kier alpha value is -1.30. The Kier molecular flexibility index (Phi) is 3.07. The molecule has 1 saturated carbocycles. The molecule has 0 radical (unpaired) electrons. The van der Waals surface area contributed by atoms with E-state index in [0.29, 0.717) is 0 Å². The lowest BCUT2D eigenvalue weighted by Crippen LogP contribution is -2.44. The number of alkyl carbamates (subject to hydrolysis) is 1. The van der Waals surface area contributed by atoms with Gasteiger partial charge in [-0.05, 0) is 18.8 Å². The van der Waals surface area contributed by atoms with Gasteiger partial charge < -0.3 is 14.9 Å². The van der Waals surface area contributed by atoms with Crippen LogP contribution in [0, 0.1) is 5.92 Å². The van der Waals surface area contributed by atoms with Crippen LogP contribution in [-0.4, -0.2) is 25.2 Å². The number of rotatable bonds is 3. The number of methoxy groups -OCH3 is 1. The van der Waals surface area contributed by atoms with Crippen LogP contribution in [0.1, 0.15) is 12.8 Å². The summed E-state index contributed by atoms with van der Waals surface area (Å²) >= 11 is 0. The Labute approximate surface area is 75.3 Å². The van der Waals surface area contributed by atoms with Crippen molar-refractivity contribution in [2.24, 2.45) is 11.8 Å². The highest BCUT2D eigenvalue weighted by Crippen LogP contribution is 2.33. The van der Waals surface area contributed by atoms with Crippen molar-refractivity contribution in [3.05, 3.63) is 0 Å². The van der Waals surface area contributed by atoms with Crippen molar-refractivity contribution in [2.45, 2.75) is 18.9 Å². The lowest BCUT2D eigenvalue weighted by Gasteiger charge is -2.13. The number of nitrogens with one attached hydrogen (secondary N) is 1. The molecule has 0 aromatic heterocycles. The van der Waals surface area contributed by atoms with E-state index in [1.807, 2.05) is 0 Å². The molecule has 0 aliphatic heterocycles. The maximum Gasteiger partial charge on any atom is 0.407 e. The van der Waals surface area contributed by atoms with Crippen molar-refractivity contribution < 1.29 is 19.2 Å². The van der Waals surface area contributed by atoms with Crippen molar-refractivity contribution in [1.82, 2.24) is 5.32 Å². The number of amides is 1. The van der Waals surface area contributed by atoms with Crippen LogP contribution in [0.3, 0.4) is 0 Å². The SMILES string of the molecule is COC(=O)NC(C(=O)ON)C1CC1. The molecule has 1 aliphatic rings. The molecule has 0 aromatic carbocycles. The van der Waals surface area contributed by atoms with Crippen molar-refractivity contribution in [1.29, 1.82) is 0 Å². The van der Waals surface area contributed by atoms with Gasteiger partial charge in [-0.2, -0.15) is 5.90 Å². The van der Waals surface area contributed by atoms with E-state index in [1.165, 1.54) is 7.11 Å². The van der Waals surface area contributed by atoms with Gasteiger partial charge in [0.15, 0.2) is 0 Å². The van der Waals surface area contributed by atoms with Crippen molar-refractivity contribution in [3.63, 3.8) is 0 Å². The van der Waals surface area contributed by atoms with Gasteiger partial charge in [0.2, 0.25) is 0 Å². The molecular weight excluding hydrogens is 176 g/mol. The molecule has 0 spiro atoms. The minimum Gasteiger partial charge on any atom is -0.453 e. The minimum atomic E-state index is -0.669. The third-order valence-electron chi connectivity index (χ3n) is 1.92. The first-order valence-corrected chi connectivity index (χ1v) is 3.94. The standard InChI is InChI=1S/C7H12N2O4/c1-12-7(11)9-5(4-2-3-4)6(10)13-8/h4-5H,2-3,8H2,1H3,(H,9,11). The average molecular weight is 188 g/mol. The number of hydrogen-bond acceptors (Lipinski definition) is 5. The van der Waals surface area contributed by atoms with E-state index in [2.05, 4.69) is 14.9 Å². The Balaban J connectivity index is 2.47. The maximum atomic E-state index is 11.0. The largest absolute Gasteiger partial charge is 0.453 e. The van der Waals surface area contributed by atoms with E-state index in [9.17, 15) is 9.59 Å². The Morgan fingerprint density at radius 2 is 2.15 bits per heavy atom. The summed E-state index contributed by atoms with van der Waals surface area (Å²) in [6.45, 7) is 0. The van der Waals surface area contributed by atoms with Crippen molar-refractivity contribution in [2.75, 3.05) is 7.11 Å². The molecule has 0 aromatic rings. The zero-order valence-corrected chi connectivity index (χ0v) is 7.28. The van der Waals surface area contributed by atoms with Crippen molar-refractivity contribution in [3.8, 4) is 0 Å². The van der Waals surface area contributed by atoms with Gasteiger partial charge in [0.25, 0.3) is 0 Å². The molecule has 1 rings (SSSR count). The second-order valence-electron chi connectivity index (χ2n) is 2.89. The van der Waals surface area contributed by atoms with E-state index in [0.717, 1.165) is 12.8 Å². The monoisotopic (exact) mass is 188 g/mol. The van der Waals surface area contributed by atoms with Crippen LogP contribution < -0.4 is 11.2 Å². The van der Waals surface area contributed by atoms with Gasteiger partial charge >= 0.3 is 12.1 Å². The van der Waals surface area contributed by atoms with Gasteiger partial charge in [-0.25, -0.2) is 9.59 Å². The summed E-state index contributed by atoms with van der Waals surface area (Å²) in [5.41, 5.74) is 0. The van der Waals surface area contributed by atoms with Crippen LogP contribution in [0.4, 0.5) is 4.79 Å². The number of ether oxygens (including phenoxy) is 1. The first-order chi connectivity index (χ1) is 6.19. The summed E-state index contributed by atoms with van der Waals surface area (Å²) in [4.78, 5) is 25.9. The van der Waals surface area contributed by atoms with E-state index < -0.39 is 18.1 Å². The molecule has 6 nitrogen and oxygen atoms in total. The Morgan fingerprint density at radius 1 is 1.54 bits per heavy atom. The summed E-state index contributed by atoms with van der Waals surface area (Å²) in [6.07, 6.45) is 1.13. The average Bonchev–Trinajstić information content (AvgIpc) is 2.95. The zero-order chi connectivity index (χ0) is 9.84. The van der Waals surface area contributed by atoms with Crippen LogP contribution >= 0.6 is 0 Å². The molecule has 3 N–H and O–H groups in total. The van der Waals surface area contributed by atoms with Crippen LogP contribution in [0.5, 0.6) is 0 Å². The third kappa shape index (κ3) is 2.59. The van der Waals surface area contributed by atoms with Crippen molar-refractivity contribution >= 4 is 12.1 Å². The van der Waals surface area contributed by atoms with E-state index in [1.54, 1.807) is 0 Å². The summed E-state index contributed by atoms with van der Waals surface area (Å²) < 4.78 is 4.35. The first kappa shape index (κ1) is 9.79. The van der Waals surface area contributed by atoms with Crippen LogP contribution in [0.2, 0.25) is 0 Å². The summed E-state index contributed by atoms with van der Waals surface area (Å²) in [6, 6.07) is -0.669. The molecule has 6 heteroatoms. The maximum absolute atomic E-state index is 11.0. The normalized spacial score (nSPS) is 17.4. The van der Waals surface area contributed by atoms with Crippen LogP contribution in [0.25, 0.3) is 0 Å². The van der Waals surface area contributed by atoms with Gasteiger partial charge in [0.1, 0.15) is 6.04 Å².